The number of thioether (sulfide) groups is 1. The Balaban J connectivity index is 2.35. The molecule has 1 aliphatic heterocycles. The second kappa shape index (κ2) is 7.99. The summed E-state index contributed by atoms with van der Waals surface area (Å²) in [6.45, 7) is 5.12. The standard InChI is InChI=1S/C15H16BrNO3S2/c1-3-5-20-13-10(16)6-9(7-11(13)19-4-2)8-12-14(18)17-15(21)22-12/h6-8H,3-5H2,1-2H3,(H,17,18,21)/b12-8+. The number of carbonyl (C=O) groups excluding carboxylic acids is 1. The van der Waals surface area contributed by atoms with Crippen LogP contribution in [-0.4, -0.2) is 23.4 Å². The minimum atomic E-state index is -0.171. The first kappa shape index (κ1) is 17.3. The average molecular weight is 402 g/mol. The van der Waals surface area contributed by atoms with Crippen molar-refractivity contribution in [3.63, 3.8) is 0 Å². The normalized spacial score (nSPS) is 16.0. The topological polar surface area (TPSA) is 47.6 Å². The van der Waals surface area contributed by atoms with Gasteiger partial charge in [0.25, 0.3) is 5.91 Å². The summed E-state index contributed by atoms with van der Waals surface area (Å²) < 4.78 is 12.7. The molecule has 0 radical (unpaired) electrons. The van der Waals surface area contributed by atoms with Crippen LogP contribution in [0.4, 0.5) is 0 Å². The Morgan fingerprint density at radius 2 is 2.14 bits per heavy atom. The molecule has 0 saturated carbocycles. The Hall–Kier alpha value is -1.05. The van der Waals surface area contributed by atoms with Gasteiger partial charge in [-0.15, -0.1) is 0 Å². The summed E-state index contributed by atoms with van der Waals surface area (Å²) >= 11 is 9.75. The van der Waals surface area contributed by atoms with Gasteiger partial charge in [0.05, 0.1) is 22.6 Å². The van der Waals surface area contributed by atoms with Crippen molar-refractivity contribution in [2.45, 2.75) is 20.3 Å². The summed E-state index contributed by atoms with van der Waals surface area (Å²) in [7, 11) is 0. The number of nitrogens with one attached hydrogen (secondary N) is 1. The first-order valence-electron chi connectivity index (χ1n) is 6.89. The van der Waals surface area contributed by atoms with E-state index in [9.17, 15) is 4.79 Å². The van der Waals surface area contributed by atoms with Gasteiger partial charge in [0.2, 0.25) is 0 Å². The molecule has 1 aliphatic rings. The van der Waals surface area contributed by atoms with Crippen molar-refractivity contribution in [1.29, 1.82) is 0 Å². The molecule has 1 fully saturated rings. The van der Waals surface area contributed by atoms with Crippen molar-refractivity contribution >= 4 is 56.2 Å². The van der Waals surface area contributed by atoms with E-state index in [2.05, 4.69) is 21.2 Å². The van der Waals surface area contributed by atoms with Crippen LogP contribution in [0.25, 0.3) is 6.08 Å². The Labute approximate surface area is 147 Å². The summed E-state index contributed by atoms with van der Waals surface area (Å²) in [5.41, 5.74) is 0.849. The maximum Gasteiger partial charge on any atom is 0.263 e. The Morgan fingerprint density at radius 1 is 1.36 bits per heavy atom. The number of benzene rings is 1. The summed E-state index contributed by atoms with van der Waals surface area (Å²) in [6.07, 6.45) is 2.70. The molecule has 2 rings (SSSR count). The highest BCUT2D eigenvalue weighted by Crippen LogP contribution is 2.38. The zero-order chi connectivity index (χ0) is 16.1. The van der Waals surface area contributed by atoms with Gasteiger partial charge < -0.3 is 14.8 Å². The quantitative estimate of drug-likeness (QED) is 0.573. The molecule has 1 N–H and O–H groups in total. The molecular formula is C15H16BrNO3S2. The SMILES string of the molecule is CCCOc1c(Br)cc(/C=C2/SC(=S)NC2=O)cc1OCC. The van der Waals surface area contributed by atoms with Crippen molar-refractivity contribution in [1.82, 2.24) is 5.32 Å². The Bertz CT molecular complexity index is 631. The molecular weight excluding hydrogens is 386 g/mol. The molecule has 1 aromatic rings. The summed E-state index contributed by atoms with van der Waals surface area (Å²) in [6, 6.07) is 3.76. The van der Waals surface area contributed by atoms with Gasteiger partial charge in [-0.25, -0.2) is 0 Å². The molecule has 0 aromatic heterocycles. The minimum Gasteiger partial charge on any atom is -0.490 e. The lowest BCUT2D eigenvalue weighted by Crippen LogP contribution is -2.17. The molecule has 0 bridgehead atoms. The van der Waals surface area contributed by atoms with Crippen molar-refractivity contribution in [3.8, 4) is 11.5 Å². The maximum absolute atomic E-state index is 11.7. The third-order valence-corrected chi connectivity index (χ3v) is 4.47. The smallest absolute Gasteiger partial charge is 0.263 e. The van der Waals surface area contributed by atoms with Crippen LogP contribution in [-0.2, 0) is 4.79 Å². The van der Waals surface area contributed by atoms with Gasteiger partial charge in [-0.3, -0.25) is 4.79 Å². The third-order valence-electron chi connectivity index (χ3n) is 2.72. The number of halogens is 1. The Morgan fingerprint density at radius 3 is 2.73 bits per heavy atom. The number of carbonyl (C=O) groups is 1. The van der Waals surface area contributed by atoms with Gasteiger partial charge >= 0.3 is 0 Å². The van der Waals surface area contributed by atoms with Gasteiger partial charge in [0.1, 0.15) is 4.32 Å². The van der Waals surface area contributed by atoms with Crippen LogP contribution in [0.15, 0.2) is 21.5 Å². The number of ether oxygens (including phenoxy) is 2. The number of hydrogen-bond acceptors (Lipinski definition) is 5. The maximum atomic E-state index is 11.7. The van der Waals surface area contributed by atoms with Crippen LogP contribution in [0, 0.1) is 0 Å². The monoisotopic (exact) mass is 401 g/mol. The Kier molecular flexibility index (Phi) is 6.28. The molecule has 1 amide bonds. The summed E-state index contributed by atoms with van der Waals surface area (Å²) in [4.78, 5) is 12.3. The molecule has 1 saturated heterocycles. The van der Waals surface area contributed by atoms with Gasteiger partial charge in [0, 0.05) is 0 Å². The van der Waals surface area contributed by atoms with Crippen LogP contribution in [0.2, 0.25) is 0 Å². The minimum absolute atomic E-state index is 0.171. The van der Waals surface area contributed by atoms with Crippen molar-refractivity contribution in [2.24, 2.45) is 0 Å². The van der Waals surface area contributed by atoms with Crippen molar-refractivity contribution in [2.75, 3.05) is 13.2 Å². The van der Waals surface area contributed by atoms with E-state index in [1.54, 1.807) is 6.08 Å². The average Bonchev–Trinajstić information content (AvgIpc) is 2.76. The molecule has 0 unspecified atom stereocenters. The van der Waals surface area contributed by atoms with E-state index in [4.69, 9.17) is 21.7 Å². The van der Waals surface area contributed by atoms with E-state index in [1.165, 1.54) is 11.8 Å². The van der Waals surface area contributed by atoms with Crippen LogP contribution < -0.4 is 14.8 Å². The fraction of sp³-hybridized carbons (Fsp3) is 0.333. The zero-order valence-electron chi connectivity index (χ0n) is 12.3. The van der Waals surface area contributed by atoms with E-state index in [0.29, 0.717) is 33.9 Å². The largest absolute Gasteiger partial charge is 0.490 e. The molecule has 4 nitrogen and oxygen atoms in total. The predicted octanol–water partition coefficient (Wildman–Crippen LogP) is 4.13. The van der Waals surface area contributed by atoms with E-state index in [0.717, 1.165) is 16.5 Å². The second-order valence-electron chi connectivity index (χ2n) is 4.46. The number of hydrogen-bond donors (Lipinski definition) is 1. The lowest BCUT2D eigenvalue weighted by Gasteiger charge is -2.14. The van der Waals surface area contributed by atoms with E-state index in [-0.39, 0.29) is 5.91 Å². The highest BCUT2D eigenvalue weighted by atomic mass is 79.9. The van der Waals surface area contributed by atoms with Crippen molar-refractivity contribution < 1.29 is 14.3 Å². The highest BCUT2D eigenvalue weighted by Gasteiger charge is 2.22. The zero-order valence-corrected chi connectivity index (χ0v) is 15.5. The van der Waals surface area contributed by atoms with Gasteiger partial charge in [-0.2, -0.15) is 0 Å². The molecule has 118 valence electrons. The number of rotatable bonds is 6. The lowest BCUT2D eigenvalue weighted by atomic mass is 10.2. The number of thiocarbonyl (C=S) groups is 1. The third kappa shape index (κ3) is 4.24. The molecule has 1 aromatic carbocycles. The summed E-state index contributed by atoms with van der Waals surface area (Å²) in [5, 5.41) is 2.60. The predicted molar refractivity (Wildman–Crippen MR) is 97.4 cm³/mol. The fourth-order valence-electron chi connectivity index (χ4n) is 1.85. The molecule has 0 aliphatic carbocycles. The summed E-state index contributed by atoms with van der Waals surface area (Å²) in [5.74, 6) is 1.17. The van der Waals surface area contributed by atoms with Crippen LogP contribution >= 0.6 is 39.9 Å². The molecule has 0 atom stereocenters. The van der Waals surface area contributed by atoms with Crippen LogP contribution in [0.5, 0.6) is 11.5 Å². The number of amides is 1. The van der Waals surface area contributed by atoms with Gasteiger partial charge in [-0.05, 0) is 53.0 Å². The fourth-order valence-corrected chi connectivity index (χ4v) is 3.47. The van der Waals surface area contributed by atoms with Gasteiger partial charge in [0.15, 0.2) is 11.5 Å². The molecule has 7 heteroatoms. The molecule has 0 spiro atoms. The van der Waals surface area contributed by atoms with Crippen molar-refractivity contribution in [3.05, 3.63) is 27.1 Å². The van der Waals surface area contributed by atoms with Crippen LogP contribution in [0.1, 0.15) is 25.8 Å². The molecule has 22 heavy (non-hydrogen) atoms. The first-order chi connectivity index (χ1) is 10.5. The van der Waals surface area contributed by atoms with Crippen LogP contribution in [0.3, 0.4) is 0 Å². The second-order valence-corrected chi connectivity index (χ2v) is 7.04. The van der Waals surface area contributed by atoms with E-state index < -0.39 is 0 Å². The van der Waals surface area contributed by atoms with E-state index >= 15 is 0 Å². The highest BCUT2D eigenvalue weighted by molar-refractivity contribution is 9.10. The first-order valence-corrected chi connectivity index (χ1v) is 8.91. The van der Waals surface area contributed by atoms with Gasteiger partial charge in [-0.1, -0.05) is 30.9 Å². The lowest BCUT2D eigenvalue weighted by molar-refractivity contribution is -0.115. The molecule has 1 heterocycles. The van der Waals surface area contributed by atoms with E-state index in [1.807, 2.05) is 26.0 Å².